The molecule has 1 atom stereocenters. The summed E-state index contributed by atoms with van der Waals surface area (Å²) in [5.74, 6) is -0.251. The van der Waals surface area contributed by atoms with Gasteiger partial charge in [0, 0.05) is 0 Å². The van der Waals surface area contributed by atoms with Crippen molar-refractivity contribution >= 4 is 17.6 Å². The van der Waals surface area contributed by atoms with Crippen LogP contribution >= 0.6 is 11.6 Å². The van der Waals surface area contributed by atoms with Gasteiger partial charge in [-0.3, -0.25) is 4.79 Å². The molecule has 0 aromatic heterocycles. The van der Waals surface area contributed by atoms with E-state index in [9.17, 15) is 4.79 Å². The van der Waals surface area contributed by atoms with Crippen molar-refractivity contribution in [1.29, 1.82) is 0 Å². The lowest BCUT2D eigenvalue weighted by molar-refractivity contribution is -0.154. The summed E-state index contributed by atoms with van der Waals surface area (Å²) < 4.78 is 4.89. The predicted molar refractivity (Wildman–Crippen MR) is 45.5 cm³/mol. The molecule has 0 rings (SSSR count). The minimum Gasteiger partial charge on any atom is -0.446 e. The molecule has 66 valence electrons. The number of alkyl halides is 1. The maximum atomic E-state index is 11.1. The van der Waals surface area contributed by atoms with Gasteiger partial charge in [0.15, 0.2) is 5.56 Å². The number of hydrogen-bond donors (Lipinski definition) is 0. The summed E-state index contributed by atoms with van der Waals surface area (Å²) in [6.07, 6.45) is 0.642. The number of rotatable bonds is 2. The molecule has 0 aliphatic carbocycles. The highest BCUT2D eigenvalue weighted by Gasteiger charge is 2.24. The van der Waals surface area contributed by atoms with E-state index < -0.39 is 11.0 Å². The minimum absolute atomic E-state index is 0.251. The number of carbonyl (C=O) groups is 1. The highest BCUT2D eigenvalue weighted by Crippen LogP contribution is 2.18. The van der Waals surface area contributed by atoms with E-state index in [1.165, 1.54) is 0 Å². The summed E-state index contributed by atoms with van der Waals surface area (Å²) in [4.78, 5) is 11.1. The van der Waals surface area contributed by atoms with Gasteiger partial charge in [-0.2, -0.15) is 0 Å². The fourth-order valence-electron chi connectivity index (χ4n) is 0.376. The lowest BCUT2D eigenvalue weighted by Gasteiger charge is -2.18. The van der Waals surface area contributed by atoms with Crippen molar-refractivity contribution in [3.05, 3.63) is 0 Å². The van der Waals surface area contributed by atoms with E-state index in [4.69, 9.17) is 16.3 Å². The molecule has 0 aromatic carbocycles. The number of ether oxygens (including phenoxy) is 1. The van der Waals surface area contributed by atoms with Crippen molar-refractivity contribution in [3.8, 4) is 0 Å². The average Bonchev–Trinajstić information content (AvgIpc) is 1.85. The molecular formula is C8H15ClO2. The molecule has 0 saturated carbocycles. The van der Waals surface area contributed by atoms with Gasteiger partial charge in [0.1, 0.15) is 0 Å². The highest BCUT2D eigenvalue weighted by atomic mass is 35.5. The van der Waals surface area contributed by atoms with Crippen molar-refractivity contribution in [2.75, 3.05) is 0 Å². The molecule has 0 spiro atoms. The van der Waals surface area contributed by atoms with E-state index in [2.05, 4.69) is 0 Å². The molecular weight excluding hydrogens is 164 g/mol. The molecule has 0 aliphatic rings. The van der Waals surface area contributed by atoms with Crippen LogP contribution < -0.4 is 0 Å². The molecule has 11 heavy (non-hydrogen) atoms. The molecule has 3 heteroatoms. The Balaban J connectivity index is 3.88. The SMILES string of the molecule is CCC(Cl)OC(=O)C(C)(C)C. The first-order valence-corrected chi connectivity index (χ1v) is 4.16. The summed E-state index contributed by atoms with van der Waals surface area (Å²) in [5.41, 5.74) is -0.941. The zero-order valence-corrected chi connectivity index (χ0v) is 8.23. The van der Waals surface area contributed by atoms with Crippen molar-refractivity contribution in [2.45, 2.75) is 39.7 Å². The summed E-state index contributed by atoms with van der Waals surface area (Å²) >= 11 is 5.62. The normalized spacial score (nSPS) is 14.3. The molecule has 0 N–H and O–H groups in total. The fraction of sp³-hybridized carbons (Fsp3) is 0.875. The van der Waals surface area contributed by atoms with Crippen molar-refractivity contribution in [1.82, 2.24) is 0 Å². The van der Waals surface area contributed by atoms with Gasteiger partial charge in [-0.25, -0.2) is 0 Å². The van der Waals surface area contributed by atoms with Crippen LogP contribution in [0.1, 0.15) is 34.1 Å². The van der Waals surface area contributed by atoms with Gasteiger partial charge in [0.25, 0.3) is 0 Å². The van der Waals surface area contributed by atoms with Gasteiger partial charge in [-0.15, -0.1) is 0 Å². The molecule has 0 amide bonds. The zero-order valence-electron chi connectivity index (χ0n) is 7.48. The Morgan fingerprint density at radius 3 is 2.27 bits per heavy atom. The first-order valence-electron chi connectivity index (χ1n) is 3.73. The Morgan fingerprint density at radius 2 is 2.00 bits per heavy atom. The first kappa shape index (κ1) is 10.8. The summed E-state index contributed by atoms with van der Waals surface area (Å²) in [6, 6.07) is 0. The average molecular weight is 179 g/mol. The lowest BCUT2D eigenvalue weighted by atomic mass is 9.97. The first-order chi connectivity index (χ1) is 4.88. The van der Waals surface area contributed by atoms with Gasteiger partial charge in [0.05, 0.1) is 5.41 Å². The van der Waals surface area contributed by atoms with Gasteiger partial charge in [-0.1, -0.05) is 18.5 Å². The summed E-state index contributed by atoms with van der Waals surface area (Å²) in [7, 11) is 0. The Kier molecular flexibility index (Phi) is 3.87. The number of esters is 1. The quantitative estimate of drug-likeness (QED) is 0.480. The summed E-state index contributed by atoms with van der Waals surface area (Å²) in [5, 5.41) is 0. The largest absolute Gasteiger partial charge is 0.446 e. The molecule has 0 heterocycles. The molecule has 2 nitrogen and oxygen atoms in total. The second-order valence-corrected chi connectivity index (χ2v) is 3.96. The van der Waals surface area contributed by atoms with Crippen LogP contribution in [-0.4, -0.2) is 11.5 Å². The Labute approximate surface area is 72.9 Å². The van der Waals surface area contributed by atoms with Crippen LogP contribution in [0.4, 0.5) is 0 Å². The van der Waals surface area contributed by atoms with Crippen LogP contribution in [0.15, 0.2) is 0 Å². The van der Waals surface area contributed by atoms with E-state index in [-0.39, 0.29) is 5.97 Å². The monoisotopic (exact) mass is 178 g/mol. The van der Waals surface area contributed by atoms with Crippen molar-refractivity contribution in [2.24, 2.45) is 5.41 Å². The van der Waals surface area contributed by atoms with Crippen LogP contribution in [0.25, 0.3) is 0 Å². The Hall–Kier alpha value is -0.240. The second-order valence-electron chi connectivity index (χ2n) is 3.47. The fourth-order valence-corrected chi connectivity index (χ4v) is 0.457. The van der Waals surface area contributed by atoms with E-state index >= 15 is 0 Å². The van der Waals surface area contributed by atoms with E-state index in [0.29, 0.717) is 6.42 Å². The van der Waals surface area contributed by atoms with E-state index in [0.717, 1.165) is 0 Å². The topological polar surface area (TPSA) is 26.3 Å². The minimum atomic E-state index is -0.485. The van der Waals surface area contributed by atoms with Crippen LogP contribution in [0.3, 0.4) is 0 Å². The molecule has 1 unspecified atom stereocenters. The summed E-state index contributed by atoms with van der Waals surface area (Å²) in [6.45, 7) is 7.27. The van der Waals surface area contributed by atoms with Crippen LogP contribution in [0.2, 0.25) is 0 Å². The third-order valence-electron chi connectivity index (χ3n) is 1.17. The van der Waals surface area contributed by atoms with Crippen LogP contribution in [0, 0.1) is 5.41 Å². The van der Waals surface area contributed by atoms with Crippen molar-refractivity contribution < 1.29 is 9.53 Å². The molecule has 0 bridgehead atoms. The smallest absolute Gasteiger partial charge is 0.312 e. The number of hydrogen-bond acceptors (Lipinski definition) is 2. The second kappa shape index (κ2) is 3.96. The van der Waals surface area contributed by atoms with Crippen LogP contribution in [0.5, 0.6) is 0 Å². The molecule has 0 radical (unpaired) electrons. The van der Waals surface area contributed by atoms with Crippen LogP contribution in [-0.2, 0) is 9.53 Å². The van der Waals surface area contributed by atoms with Gasteiger partial charge < -0.3 is 4.74 Å². The van der Waals surface area contributed by atoms with Crippen molar-refractivity contribution in [3.63, 3.8) is 0 Å². The molecule has 0 aliphatic heterocycles. The van der Waals surface area contributed by atoms with Gasteiger partial charge in [0.2, 0.25) is 0 Å². The zero-order chi connectivity index (χ0) is 9.07. The third kappa shape index (κ3) is 4.25. The molecule has 0 aromatic rings. The number of carbonyl (C=O) groups excluding carboxylic acids is 1. The van der Waals surface area contributed by atoms with E-state index in [1.807, 2.05) is 6.92 Å². The molecule has 0 saturated heterocycles. The van der Waals surface area contributed by atoms with Gasteiger partial charge in [-0.05, 0) is 27.2 Å². The number of halogens is 1. The molecule has 0 fully saturated rings. The van der Waals surface area contributed by atoms with Gasteiger partial charge >= 0.3 is 5.97 Å². The maximum Gasteiger partial charge on any atom is 0.312 e. The third-order valence-corrected chi connectivity index (χ3v) is 1.57. The maximum absolute atomic E-state index is 11.1. The predicted octanol–water partition coefficient (Wildman–Crippen LogP) is 2.55. The highest BCUT2D eigenvalue weighted by molar-refractivity contribution is 6.20. The van der Waals surface area contributed by atoms with E-state index in [1.54, 1.807) is 20.8 Å². The standard InChI is InChI=1S/C8H15ClO2/c1-5-6(9)11-7(10)8(2,3)4/h6H,5H2,1-4H3. The Bertz CT molecular complexity index is 138. The Morgan fingerprint density at radius 1 is 1.55 bits per heavy atom. The lowest BCUT2D eigenvalue weighted by Crippen LogP contribution is -2.25.